The minimum absolute atomic E-state index is 0.271. The number of alkyl halides is 1. The zero-order chi connectivity index (χ0) is 15.8. The van der Waals surface area contributed by atoms with E-state index >= 15 is 0 Å². The van der Waals surface area contributed by atoms with E-state index in [2.05, 4.69) is 32.6 Å². The lowest BCUT2D eigenvalue weighted by Crippen LogP contribution is -2.31. The first kappa shape index (κ1) is 20.5. The summed E-state index contributed by atoms with van der Waals surface area (Å²) < 4.78 is 21.3. The largest absolute Gasteiger partial charge is 0.480 e. The number of carbonyl (C=O) groups is 2. The molecule has 0 fully saturated rings. The van der Waals surface area contributed by atoms with Crippen molar-refractivity contribution in [3.63, 3.8) is 0 Å². The fourth-order valence-electron chi connectivity index (χ4n) is 1.14. The number of halogens is 1. The average molecular weight is 419 g/mol. The van der Waals surface area contributed by atoms with Crippen LogP contribution in [0.1, 0.15) is 0 Å². The number of carboxylic acids is 1. The van der Waals surface area contributed by atoms with Crippen molar-refractivity contribution in [1.82, 2.24) is 5.32 Å². The highest BCUT2D eigenvalue weighted by molar-refractivity contribution is 14.1. The molecule has 8 nitrogen and oxygen atoms in total. The summed E-state index contributed by atoms with van der Waals surface area (Å²) in [5, 5.41) is 10.8. The molecule has 0 rings (SSSR count). The van der Waals surface area contributed by atoms with Crippen LogP contribution in [0.15, 0.2) is 0 Å². The van der Waals surface area contributed by atoms with Crippen molar-refractivity contribution in [3.8, 4) is 0 Å². The maximum atomic E-state index is 11.2. The van der Waals surface area contributed by atoms with Crippen LogP contribution >= 0.6 is 22.6 Å². The molecule has 0 spiro atoms. The van der Waals surface area contributed by atoms with Crippen LogP contribution in [0.4, 0.5) is 0 Å². The quantitative estimate of drug-likeness (QED) is 0.213. The van der Waals surface area contributed by atoms with Crippen LogP contribution in [0.25, 0.3) is 0 Å². The van der Waals surface area contributed by atoms with E-state index in [1.165, 1.54) is 0 Å². The first-order chi connectivity index (χ1) is 10.2. The topological polar surface area (TPSA) is 103 Å². The van der Waals surface area contributed by atoms with Gasteiger partial charge in [0.2, 0.25) is 5.91 Å². The lowest BCUT2D eigenvalue weighted by molar-refractivity contribution is -0.143. The number of nitrogens with one attached hydrogen (secondary N) is 1. The molecular formula is C12H22INO7. The number of hydrogen-bond acceptors (Lipinski definition) is 6. The lowest BCUT2D eigenvalue weighted by atomic mass is 10.6. The predicted octanol–water partition coefficient (Wildman–Crippen LogP) is -0.311. The van der Waals surface area contributed by atoms with Gasteiger partial charge in [-0.1, -0.05) is 22.6 Å². The molecule has 9 heteroatoms. The number of hydrogen-bond donors (Lipinski definition) is 2. The van der Waals surface area contributed by atoms with E-state index in [1.807, 2.05) is 0 Å². The van der Waals surface area contributed by atoms with Gasteiger partial charge in [0, 0.05) is 11.0 Å². The lowest BCUT2D eigenvalue weighted by Gasteiger charge is -2.07. The molecule has 2 N–H and O–H groups in total. The van der Waals surface area contributed by atoms with Gasteiger partial charge in [-0.15, -0.1) is 0 Å². The van der Waals surface area contributed by atoms with Crippen LogP contribution in [0.5, 0.6) is 0 Å². The highest BCUT2D eigenvalue weighted by Gasteiger charge is 2.02. The molecule has 0 aliphatic heterocycles. The van der Waals surface area contributed by atoms with Crippen LogP contribution in [0.2, 0.25) is 0 Å². The molecule has 0 saturated heterocycles. The third-order valence-corrected chi connectivity index (χ3v) is 2.43. The second kappa shape index (κ2) is 15.9. The summed E-state index contributed by atoms with van der Waals surface area (Å²) in [5.41, 5.74) is 0. The van der Waals surface area contributed by atoms with Crippen molar-refractivity contribution in [2.24, 2.45) is 0 Å². The monoisotopic (exact) mass is 419 g/mol. The highest BCUT2D eigenvalue weighted by Crippen LogP contribution is 1.84. The van der Waals surface area contributed by atoms with E-state index in [-0.39, 0.29) is 12.5 Å². The molecule has 0 atom stereocenters. The molecule has 0 aliphatic carbocycles. The maximum Gasteiger partial charge on any atom is 0.329 e. The first-order valence-electron chi connectivity index (χ1n) is 6.52. The molecule has 124 valence electrons. The van der Waals surface area contributed by atoms with Crippen molar-refractivity contribution in [2.75, 3.05) is 63.8 Å². The Morgan fingerprint density at radius 3 is 2.00 bits per heavy atom. The van der Waals surface area contributed by atoms with Crippen molar-refractivity contribution in [3.05, 3.63) is 0 Å². The fourth-order valence-corrected chi connectivity index (χ4v) is 1.45. The van der Waals surface area contributed by atoms with E-state index in [0.717, 1.165) is 11.0 Å². The van der Waals surface area contributed by atoms with Crippen molar-refractivity contribution >= 4 is 34.5 Å². The van der Waals surface area contributed by atoms with Crippen LogP contribution in [-0.4, -0.2) is 80.8 Å². The molecule has 0 aromatic heterocycles. The van der Waals surface area contributed by atoms with Crippen molar-refractivity contribution < 1.29 is 33.6 Å². The summed E-state index contributed by atoms with van der Waals surface area (Å²) in [5.74, 6) is -1.48. The van der Waals surface area contributed by atoms with E-state index < -0.39 is 12.6 Å². The second-order valence-electron chi connectivity index (χ2n) is 3.76. The number of carbonyl (C=O) groups excluding carboxylic acids is 1. The van der Waals surface area contributed by atoms with Gasteiger partial charge in [0.15, 0.2) is 0 Å². The van der Waals surface area contributed by atoms with E-state index in [1.54, 1.807) is 0 Å². The Balaban J connectivity index is 3.14. The van der Waals surface area contributed by atoms with Gasteiger partial charge in [0.25, 0.3) is 0 Å². The molecule has 0 aliphatic rings. The standard InChI is InChI=1S/C12H22INO7/c13-1-3-18-5-7-20-8-6-19-4-2-14-11(15)9-21-10-12(16)17/h1-10H2,(H,14,15)(H,16,17). The third kappa shape index (κ3) is 17.5. The van der Waals surface area contributed by atoms with Gasteiger partial charge >= 0.3 is 5.97 Å². The molecule has 0 aromatic carbocycles. The molecule has 21 heavy (non-hydrogen) atoms. The smallest absolute Gasteiger partial charge is 0.329 e. The first-order valence-corrected chi connectivity index (χ1v) is 8.04. The Bertz CT molecular complexity index is 278. The minimum Gasteiger partial charge on any atom is -0.480 e. The van der Waals surface area contributed by atoms with E-state index in [9.17, 15) is 9.59 Å². The van der Waals surface area contributed by atoms with Gasteiger partial charge in [-0.25, -0.2) is 4.79 Å². The number of carboxylic acid groups (broad SMARTS) is 1. The highest BCUT2D eigenvalue weighted by atomic mass is 127. The van der Waals surface area contributed by atoms with Crippen LogP contribution in [-0.2, 0) is 28.5 Å². The summed E-state index contributed by atoms with van der Waals surface area (Å²) in [6.07, 6.45) is 0. The summed E-state index contributed by atoms with van der Waals surface area (Å²) in [6, 6.07) is 0. The molecule has 0 saturated carbocycles. The van der Waals surface area contributed by atoms with Gasteiger partial charge in [-0.05, 0) is 0 Å². The zero-order valence-corrected chi connectivity index (χ0v) is 14.0. The molecule has 1 amide bonds. The Morgan fingerprint density at radius 1 is 0.857 bits per heavy atom. The molecular weight excluding hydrogens is 397 g/mol. The number of aliphatic carboxylic acids is 1. The summed E-state index contributed by atoms with van der Waals surface area (Å²) >= 11 is 2.24. The average Bonchev–Trinajstić information content (AvgIpc) is 2.44. The third-order valence-electron chi connectivity index (χ3n) is 1.99. The van der Waals surface area contributed by atoms with E-state index in [0.29, 0.717) is 39.6 Å². The fraction of sp³-hybridized carbons (Fsp3) is 0.833. The summed E-state index contributed by atoms with van der Waals surface area (Å²) in [7, 11) is 0. The predicted molar refractivity (Wildman–Crippen MR) is 82.8 cm³/mol. The SMILES string of the molecule is O=C(O)COCC(=O)NCCOCCOCCOCCI. The zero-order valence-electron chi connectivity index (χ0n) is 11.8. The molecule has 0 aromatic rings. The number of ether oxygens (including phenoxy) is 4. The minimum atomic E-state index is -1.11. The maximum absolute atomic E-state index is 11.2. The summed E-state index contributed by atoms with van der Waals surface area (Å²) in [4.78, 5) is 21.3. The second-order valence-corrected chi connectivity index (χ2v) is 4.84. The Morgan fingerprint density at radius 2 is 1.43 bits per heavy atom. The normalized spacial score (nSPS) is 10.5. The Kier molecular flexibility index (Phi) is 15.5. The van der Waals surface area contributed by atoms with Gasteiger partial charge in [0.05, 0.1) is 39.6 Å². The Labute approximate surface area is 137 Å². The molecule has 0 heterocycles. The molecule has 0 radical (unpaired) electrons. The van der Waals surface area contributed by atoms with E-state index in [4.69, 9.17) is 19.3 Å². The van der Waals surface area contributed by atoms with Gasteiger partial charge in [-0.3, -0.25) is 4.79 Å². The van der Waals surface area contributed by atoms with Crippen LogP contribution < -0.4 is 5.32 Å². The van der Waals surface area contributed by atoms with Crippen molar-refractivity contribution in [2.45, 2.75) is 0 Å². The van der Waals surface area contributed by atoms with Gasteiger partial charge in [-0.2, -0.15) is 0 Å². The Hall–Kier alpha value is -0.490. The van der Waals surface area contributed by atoms with Crippen LogP contribution in [0.3, 0.4) is 0 Å². The molecule has 0 unspecified atom stereocenters. The molecule has 0 bridgehead atoms. The number of rotatable bonds is 15. The number of amides is 1. The van der Waals surface area contributed by atoms with Gasteiger partial charge < -0.3 is 29.4 Å². The summed E-state index contributed by atoms with van der Waals surface area (Å²) in [6.45, 7) is 2.72. The van der Waals surface area contributed by atoms with Crippen LogP contribution in [0, 0.1) is 0 Å². The van der Waals surface area contributed by atoms with Gasteiger partial charge in [0.1, 0.15) is 13.2 Å². The van der Waals surface area contributed by atoms with Crippen molar-refractivity contribution in [1.29, 1.82) is 0 Å².